The number of nitrogens with zero attached hydrogens (tertiary/aromatic N) is 1. The standard InChI is InChI=1S/C14H22N4/c1-15-7-2-3-8-16-9-6-12-4-5-13-14(10-12)18-11-17-13/h4-5,10-11,15-16H,2-3,6-9H2,1H3,(H,17,18). The Morgan fingerprint density at radius 1 is 1.17 bits per heavy atom. The van der Waals surface area contributed by atoms with Gasteiger partial charge in [-0.15, -0.1) is 0 Å². The van der Waals surface area contributed by atoms with Crippen LogP contribution in [0.25, 0.3) is 11.0 Å². The lowest BCUT2D eigenvalue weighted by Crippen LogP contribution is -2.19. The Hall–Kier alpha value is -1.39. The second kappa shape index (κ2) is 7.13. The van der Waals surface area contributed by atoms with E-state index in [4.69, 9.17) is 0 Å². The number of benzene rings is 1. The van der Waals surface area contributed by atoms with Gasteiger partial charge in [-0.2, -0.15) is 0 Å². The summed E-state index contributed by atoms with van der Waals surface area (Å²) < 4.78 is 0. The minimum absolute atomic E-state index is 1.04. The van der Waals surface area contributed by atoms with E-state index in [1.807, 2.05) is 7.05 Å². The number of aromatic amines is 1. The molecule has 0 spiro atoms. The van der Waals surface area contributed by atoms with Crippen LogP contribution in [0.2, 0.25) is 0 Å². The molecule has 0 radical (unpaired) electrons. The first-order valence-electron chi connectivity index (χ1n) is 6.67. The van der Waals surface area contributed by atoms with Crippen LogP contribution in [0.15, 0.2) is 24.5 Å². The van der Waals surface area contributed by atoms with Crippen molar-refractivity contribution in [1.82, 2.24) is 20.6 Å². The smallest absolute Gasteiger partial charge is 0.0931 e. The molecular weight excluding hydrogens is 224 g/mol. The van der Waals surface area contributed by atoms with E-state index >= 15 is 0 Å². The van der Waals surface area contributed by atoms with Gasteiger partial charge in [0.05, 0.1) is 17.4 Å². The monoisotopic (exact) mass is 246 g/mol. The van der Waals surface area contributed by atoms with Crippen molar-refractivity contribution in [2.75, 3.05) is 26.7 Å². The Morgan fingerprint density at radius 2 is 2.06 bits per heavy atom. The molecule has 98 valence electrons. The van der Waals surface area contributed by atoms with Crippen molar-refractivity contribution in [1.29, 1.82) is 0 Å². The van der Waals surface area contributed by atoms with Crippen LogP contribution < -0.4 is 10.6 Å². The zero-order chi connectivity index (χ0) is 12.6. The fourth-order valence-corrected chi connectivity index (χ4v) is 2.05. The lowest BCUT2D eigenvalue weighted by Gasteiger charge is -2.05. The van der Waals surface area contributed by atoms with Gasteiger partial charge in [0.25, 0.3) is 0 Å². The van der Waals surface area contributed by atoms with Crippen molar-refractivity contribution < 1.29 is 0 Å². The number of unbranched alkanes of at least 4 members (excludes halogenated alkanes) is 1. The quantitative estimate of drug-likeness (QED) is 0.621. The number of nitrogens with one attached hydrogen (secondary N) is 3. The highest BCUT2D eigenvalue weighted by Gasteiger charge is 1.98. The molecule has 3 N–H and O–H groups in total. The number of H-pyrrole nitrogens is 1. The van der Waals surface area contributed by atoms with Crippen LogP contribution >= 0.6 is 0 Å². The maximum atomic E-state index is 4.22. The van der Waals surface area contributed by atoms with Crippen molar-refractivity contribution in [3.05, 3.63) is 30.1 Å². The van der Waals surface area contributed by atoms with Gasteiger partial charge in [0.15, 0.2) is 0 Å². The minimum atomic E-state index is 1.04. The average Bonchev–Trinajstić information content (AvgIpc) is 2.85. The molecule has 0 saturated heterocycles. The molecule has 0 aliphatic heterocycles. The molecule has 0 atom stereocenters. The van der Waals surface area contributed by atoms with E-state index in [1.54, 1.807) is 6.33 Å². The number of imidazole rings is 1. The molecule has 0 bridgehead atoms. The maximum absolute atomic E-state index is 4.22. The van der Waals surface area contributed by atoms with Crippen LogP contribution in [-0.2, 0) is 6.42 Å². The summed E-state index contributed by atoms with van der Waals surface area (Å²) in [6.07, 6.45) is 5.29. The van der Waals surface area contributed by atoms with E-state index in [-0.39, 0.29) is 0 Å². The van der Waals surface area contributed by atoms with E-state index in [0.717, 1.165) is 37.1 Å². The van der Waals surface area contributed by atoms with Crippen molar-refractivity contribution >= 4 is 11.0 Å². The molecule has 4 heteroatoms. The van der Waals surface area contributed by atoms with Gasteiger partial charge in [-0.3, -0.25) is 0 Å². The predicted molar refractivity (Wildman–Crippen MR) is 75.8 cm³/mol. The van der Waals surface area contributed by atoms with Crippen LogP contribution in [0, 0.1) is 0 Å². The summed E-state index contributed by atoms with van der Waals surface area (Å²) >= 11 is 0. The highest BCUT2D eigenvalue weighted by atomic mass is 14.9. The SMILES string of the molecule is CNCCCCNCCc1ccc2nc[nH]c2c1. The molecule has 1 heterocycles. The van der Waals surface area contributed by atoms with Gasteiger partial charge in [0.1, 0.15) is 0 Å². The van der Waals surface area contributed by atoms with Gasteiger partial charge in [0, 0.05) is 0 Å². The molecule has 0 saturated carbocycles. The predicted octanol–water partition coefficient (Wildman–Crippen LogP) is 1.69. The molecule has 0 aliphatic carbocycles. The summed E-state index contributed by atoms with van der Waals surface area (Å²) in [6, 6.07) is 6.42. The molecule has 2 rings (SSSR count). The normalized spacial score (nSPS) is 11.2. The highest BCUT2D eigenvalue weighted by molar-refractivity contribution is 5.74. The number of hydrogen-bond acceptors (Lipinski definition) is 3. The van der Waals surface area contributed by atoms with Crippen molar-refractivity contribution in [3.63, 3.8) is 0 Å². The summed E-state index contributed by atoms with van der Waals surface area (Å²) in [7, 11) is 2.00. The number of fused-ring (bicyclic) bond motifs is 1. The van der Waals surface area contributed by atoms with Gasteiger partial charge in [-0.05, 0) is 63.6 Å². The summed E-state index contributed by atoms with van der Waals surface area (Å²) in [4.78, 5) is 7.37. The van der Waals surface area contributed by atoms with Gasteiger partial charge in [-0.1, -0.05) is 6.07 Å². The van der Waals surface area contributed by atoms with Crippen LogP contribution in [0.3, 0.4) is 0 Å². The van der Waals surface area contributed by atoms with Crippen molar-refractivity contribution in [2.24, 2.45) is 0 Å². The first-order chi connectivity index (χ1) is 8.90. The molecule has 0 amide bonds. The van der Waals surface area contributed by atoms with Crippen molar-refractivity contribution in [2.45, 2.75) is 19.3 Å². The lowest BCUT2D eigenvalue weighted by atomic mass is 10.1. The Morgan fingerprint density at radius 3 is 2.94 bits per heavy atom. The molecule has 2 aromatic rings. The topological polar surface area (TPSA) is 52.7 Å². The first kappa shape index (κ1) is 13.1. The fourth-order valence-electron chi connectivity index (χ4n) is 2.05. The van der Waals surface area contributed by atoms with Gasteiger partial charge in [-0.25, -0.2) is 4.98 Å². The Labute approximate surface area is 108 Å². The molecule has 1 aromatic carbocycles. The fraction of sp³-hybridized carbons (Fsp3) is 0.500. The molecule has 0 fully saturated rings. The third kappa shape index (κ3) is 3.82. The van der Waals surface area contributed by atoms with Crippen LogP contribution in [0.1, 0.15) is 18.4 Å². The van der Waals surface area contributed by atoms with E-state index in [2.05, 4.69) is 38.8 Å². The third-order valence-corrected chi connectivity index (χ3v) is 3.11. The number of aromatic nitrogens is 2. The first-order valence-corrected chi connectivity index (χ1v) is 6.67. The van der Waals surface area contributed by atoms with E-state index in [9.17, 15) is 0 Å². The number of hydrogen-bond donors (Lipinski definition) is 3. The highest BCUT2D eigenvalue weighted by Crippen LogP contribution is 2.11. The number of rotatable bonds is 8. The second-order valence-corrected chi connectivity index (χ2v) is 4.56. The Kier molecular flexibility index (Phi) is 5.17. The van der Waals surface area contributed by atoms with Crippen LogP contribution in [-0.4, -0.2) is 36.6 Å². The molecule has 1 aromatic heterocycles. The summed E-state index contributed by atoms with van der Waals surface area (Å²) in [5.74, 6) is 0. The summed E-state index contributed by atoms with van der Waals surface area (Å²) in [5.41, 5.74) is 3.52. The summed E-state index contributed by atoms with van der Waals surface area (Å²) in [5, 5.41) is 6.64. The third-order valence-electron chi connectivity index (χ3n) is 3.11. The van der Waals surface area contributed by atoms with Gasteiger partial charge < -0.3 is 15.6 Å². The lowest BCUT2D eigenvalue weighted by molar-refractivity contribution is 0.606. The van der Waals surface area contributed by atoms with Crippen LogP contribution in [0.5, 0.6) is 0 Å². The van der Waals surface area contributed by atoms with Crippen molar-refractivity contribution in [3.8, 4) is 0 Å². The van der Waals surface area contributed by atoms with E-state index in [0.29, 0.717) is 0 Å². The largest absolute Gasteiger partial charge is 0.345 e. The minimum Gasteiger partial charge on any atom is -0.345 e. The Balaban J connectivity index is 1.67. The zero-order valence-corrected chi connectivity index (χ0v) is 11.0. The second-order valence-electron chi connectivity index (χ2n) is 4.56. The van der Waals surface area contributed by atoms with E-state index in [1.165, 1.54) is 18.4 Å². The molecule has 4 nitrogen and oxygen atoms in total. The Bertz CT molecular complexity index is 464. The van der Waals surface area contributed by atoms with Gasteiger partial charge >= 0.3 is 0 Å². The van der Waals surface area contributed by atoms with E-state index < -0.39 is 0 Å². The maximum Gasteiger partial charge on any atom is 0.0931 e. The average molecular weight is 246 g/mol. The van der Waals surface area contributed by atoms with Gasteiger partial charge in [0.2, 0.25) is 0 Å². The van der Waals surface area contributed by atoms with Crippen LogP contribution in [0.4, 0.5) is 0 Å². The molecule has 0 unspecified atom stereocenters. The summed E-state index contributed by atoms with van der Waals surface area (Å²) in [6.45, 7) is 3.26. The molecule has 18 heavy (non-hydrogen) atoms. The zero-order valence-electron chi connectivity index (χ0n) is 11.0. The molecule has 0 aliphatic rings. The molecular formula is C14H22N4.